The summed E-state index contributed by atoms with van der Waals surface area (Å²) in [6.07, 6.45) is 0.392. The number of carboxylic acid groups (broad SMARTS) is 1. The van der Waals surface area contributed by atoms with Crippen molar-refractivity contribution in [2.75, 3.05) is 0 Å². The SMILES string of the molecule is CCC(=C(C#N)C(=O)O)c1ccc(-c2ccc(Cl)cc2)o1. The number of nitriles is 1. The summed E-state index contributed by atoms with van der Waals surface area (Å²) in [5, 5.41) is 18.6. The number of furan rings is 1. The molecule has 2 aromatic rings. The third-order valence-corrected chi connectivity index (χ3v) is 3.27. The third kappa shape index (κ3) is 3.15. The maximum Gasteiger partial charge on any atom is 0.346 e. The van der Waals surface area contributed by atoms with Crippen LogP contribution in [0.25, 0.3) is 16.9 Å². The topological polar surface area (TPSA) is 74.2 Å². The summed E-state index contributed by atoms with van der Waals surface area (Å²) in [7, 11) is 0. The molecule has 0 aliphatic heterocycles. The lowest BCUT2D eigenvalue weighted by Gasteiger charge is -2.02. The van der Waals surface area contributed by atoms with Crippen LogP contribution in [0.4, 0.5) is 0 Å². The molecular formula is C16H12ClNO3. The second kappa shape index (κ2) is 6.29. The van der Waals surface area contributed by atoms with Gasteiger partial charge in [-0.3, -0.25) is 0 Å². The molecule has 0 aliphatic rings. The lowest BCUT2D eigenvalue weighted by atomic mass is 10.0. The number of benzene rings is 1. The summed E-state index contributed by atoms with van der Waals surface area (Å²) in [4.78, 5) is 11.1. The van der Waals surface area contributed by atoms with E-state index in [2.05, 4.69) is 0 Å². The molecule has 0 bridgehead atoms. The van der Waals surface area contributed by atoms with Gasteiger partial charge in [-0.05, 0) is 42.8 Å². The molecule has 4 nitrogen and oxygen atoms in total. The van der Waals surface area contributed by atoms with Gasteiger partial charge in [0.05, 0.1) is 0 Å². The summed E-state index contributed by atoms with van der Waals surface area (Å²) in [5.41, 5.74) is 0.912. The summed E-state index contributed by atoms with van der Waals surface area (Å²) in [5.74, 6) is -0.268. The first-order chi connectivity index (χ1) is 10.1. The number of hydrogen-bond donors (Lipinski definition) is 1. The minimum absolute atomic E-state index is 0.297. The molecule has 0 saturated carbocycles. The zero-order valence-electron chi connectivity index (χ0n) is 11.3. The van der Waals surface area contributed by atoms with Gasteiger partial charge in [-0.1, -0.05) is 18.5 Å². The van der Waals surface area contributed by atoms with Gasteiger partial charge in [-0.2, -0.15) is 5.26 Å². The van der Waals surface area contributed by atoms with E-state index in [0.717, 1.165) is 5.56 Å². The van der Waals surface area contributed by atoms with Gasteiger partial charge in [0.15, 0.2) is 0 Å². The molecule has 0 fully saturated rings. The van der Waals surface area contributed by atoms with Gasteiger partial charge < -0.3 is 9.52 Å². The van der Waals surface area contributed by atoms with Crippen molar-refractivity contribution in [1.29, 1.82) is 5.26 Å². The molecule has 0 spiro atoms. The normalized spacial score (nSPS) is 11.7. The van der Waals surface area contributed by atoms with Gasteiger partial charge in [0.2, 0.25) is 0 Å². The highest BCUT2D eigenvalue weighted by molar-refractivity contribution is 6.30. The number of carboxylic acids is 1. The molecule has 1 aromatic carbocycles. The Morgan fingerprint density at radius 3 is 2.48 bits per heavy atom. The van der Waals surface area contributed by atoms with Crippen LogP contribution in [0.1, 0.15) is 19.1 Å². The van der Waals surface area contributed by atoms with E-state index in [0.29, 0.717) is 28.5 Å². The molecule has 1 aromatic heterocycles. The van der Waals surface area contributed by atoms with E-state index in [-0.39, 0.29) is 5.57 Å². The van der Waals surface area contributed by atoms with Crippen molar-refractivity contribution in [3.8, 4) is 17.4 Å². The standard InChI is InChI=1S/C16H12ClNO3/c1-2-12(13(9-18)16(19)20)15-8-7-14(21-15)10-3-5-11(17)6-4-10/h3-8H,2H2,1H3,(H,19,20). The van der Waals surface area contributed by atoms with Gasteiger partial charge >= 0.3 is 5.97 Å². The molecule has 0 atom stereocenters. The van der Waals surface area contributed by atoms with Gasteiger partial charge in [0.1, 0.15) is 23.2 Å². The van der Waals surface area contributed by atoms with Crippen molar-refractivity contribution in [3.63, 3.8) is 0 Å². The highest BCUT2D eigenvalue weighted by Gasteiger charge is 2.17. The summed E-state index contributed by atoms with van der Waals surface area (Å²) >= 11 is 5.83. The molecular weight excluding hydrogens is 290 g/mol. The Morgan fingerprint density at radius 1 is 1.29 bits per heavy atom. The Morgan fingerprint density at radius 2 is 1.95 bits per heavy atom. The van der Waals surface area contributed by atoms with Gasteiger partial charge in [0, 0.05) is 16.2 Å². The van der Waals surface area contributed by atoms with E-state index < -0.39 is 5.97 Å². The van der Waals surface area contributed by atoms with Crippen molar-refractivity contribution < 1.29 is 14.3 Å². The number of halogens is 1. The Kier molecular flexibility index (Phi) is 4.46. The first-order valence-electron chi connectivity index (χ1n) is 6.29. The highest BCUT2D eigenvalue weighted by atomic mass is 35.5. The lowest BCUT2D eigenvalue weighted by molar-refractivity contribution is -0.132. The zero-order valence-corrected chi connectivity index (χ0v) is 12.0. The Bertz CT molecular complexity index is 736. The number of carbonyl (C=O) groups is 1. The van der Waals surface area contributed by atoms with Crippen LogP contribution in [0.5, 0.6) is 0 Å². The van der Waals surface area contributed by atoms with Gasteiger partial charge in [-0.15, -0.1) is 0 Å². The van der Waals surface area contributed by atoms with E-state index in [9.17, 15) is 4.79 Å². The number of allylic oxidation sites excluding steroid dienone is 1. The second-order valence-electron chi connectivity index (χ2n) is 4.29. The summed E-state index contributed by atoms with van der Waals surface area (Å²) in [6, 6.07) is 12.2. The summed E-state index contributed by atoms with van der Waals surface area (Å²) < 4.78 is 5.68. The average molecular weight is 302 g/mol. The first kappa shape index (κ1) is 14.9. The molecule has 21 heavy (non-hydrogen) atoms. The van der Waals surface area contributed by atoms with E-state index in [1.165, 1.54) is 0 Å². The smallest absolute Gasteiger partial charge is 0.346 e. The van der Waals surface area contributed by atoms with Crippen molar-refractivity contribution >= 4 is 23.1 Å². The molecule has 0 radical (unpaired) electrons. The number of nitrogens with zero attached hydrogens (tertiary/aromatic N) is 1. The van der Waals surface area contributed by atoms with E-state index in [4.69, 9.17) is 26.4 Å². The van der Waals surface area contributed by atoms with Crippen molar-refractivity contribution in [2.24, 2.45) is 0 Å². The van der Waals surface area contributed by atoms with Crippen LogP contribution < -0.4 is 0 Å². The van der Waals surface area contributed by atoms with E-state index in [1.807, 2.05) is 12.1 Å². The van der Waals surface area contributed by atoms with Crippen LogP contribution in [0.15, 0.2) is 46.4 Å². The maximum absolute atomic E-state index is 11.1. The quantitative estimate of drug-likeness (QED) is 0.672. The fourth-order valence-corrected chi connectivity index (χ4v) is 2.11. The average Bonchev–Trinajstić information content (AvgIpc) is 2.94. The molecule has 0 unspecified atom stereocenters. The van der Waals surface area contributed by atoms with Crippen molar-refractivity contribution in [1.82, 2.24) is 0 Å². The Hall–Kier alpha value is -2.51. The molecule has 2 rings (SSSR count). The second-order valence-corrected chi connectivity index (χ2v) is 4.73. The number of rotatable bonds is 4. The van der Waals surface area contributed by atoms with Crippen LogP contribution in [-0.4, -0.2) is 11.1 Å². The highest BCUT2D eigenvalue weighted by Crippen LogP contribution is 2.29. The van der Waals surface area contributed by atoms with Crippen LogP contribution in [0.2, 0.25) is 5.02 Å². The van der Waals surface area contributed by atoms with Crippen LogP contribution >= 0.6 is 11.6 Å². The molecule has 0 saturated heterocycles. The third-order valence-electron chi connectivity index (χ3n) is 3.01. The number of hydrogen-bond acceptors (Lipinski definition) is 3. The molecule has 106 valence electrons. The van der Waals surface area contributed by atoms with Crippen LogP contribution in [-0.2, 0) is 4.79 Å². The van der Waals surface area contributed by atoms with E-state index >= 15 is 0 Å². The molecule has 5 heteroatoms. The Balaban J connectivity index is 2.46. The fraction of sp³-hybridized carbons (Fsp3) is 0.125. The monoisotopic (exact) mass is 301 g/mol. The minimum atomic E-state index is -1.25. The van der Waals surface area contributed by atoms with E-state index in [1.54, 1.807) is 37.3 Å². The van der Waals surface area contributed by atoms with Crippen LogP contribution in [0.3, 0.4) is 0 Å². The minimum Gasteiger partial charge on any atom is -0.477 e. The van der Waals surface area contributed by atoms with Crippen LogP contribution in [0, 0.1) is 11.3 Å². The van der Waals surface area contributed by atoms with Gasteiger partial charge in [0.25, 0.3) is 0 Å². The number of aliphatic carboxylic acids is 1. The lowest BCUT2D eigenvalue weighted by Crippen LogP contribution is -2.01. The zero-order chi connectivity index (χ0) is 15.4. The fourth-order valence-electron chi connectivity index (χ4n) is 1.99. The van der Waals surface area contributed by atoms with Crippen molar-refractivity contribution in [3.05, 3.63) is 52.8 Å². The first-order valence-corrected chi connectivity index (χ1v) is 6.67. The maximum atomic E-state index is 11.1. The Labute approximate surface area is 126 Å². The molecule has 0 aliphatic carbocycles. The summed E-state index contributed by atoms with van der Waals surface area (Å²) in [6.45, 7) is 1.78. The molecule has 0 amide bonds. The predicted octanol–water partition coefficient (Wildman–Crippen LogP) is 4.37. The predicted molar refractivity (Wildman–Crippen MR) is 79.6 cm³/mol. The van der Waals surface area contributed by atoms with Gasteiger partial charge in [-0.25, -0.2) is 4.79 Å². The molecule has 1 N–H and O–H groups in total. The van der Waals surface area contributed by atoms with Crippen molar-refractivity contribution in [2.45, 2.75) is 13.3 Å². The molecule has 1 heterocycles. The largest absolute Gasteiger partial charge is 0.477 e.